The Hall–Kier alpha value is -0.673. The monoisotopic (exact) mass is 579 g/mol. The van der Waals surface area contributed by atoms with E-state index in [9.17, 15) is 0 Å². The van der Waals surface area contributed by atoms with Crippen LogP contribution in [-0.4, -0.2) is 9.52 Å². The average molecular weight is 579 g/mol. The maximum absolute atomic E-state index is 2.36. The van der Waals surface area contributed by atoms with E-state index in [0.717, 1.165) is 9.52 Å². The van der Waals surface area contributed by atoms with Gasteiger partial charge in [0.05, 0.1) is 0 Å². The van der Waals surface area contributed by atoms with Crippen molar-refractivity contribution in [2.45, 2.75) is 32.4 Å². The second-order valence-corrected chi connectivity index (χ2v) is 7.52. The van der Waals surface area contributed by atoms with Gasteiger partial charge >= 0.3 is 25.8 Å². The predicted molar refractivity (Wildman–Crippen MR) is 110 cm³/mol. The summed E-state index contributed by atoms with van der Waals surface area (Å²) in [7, 11) is 0.750. The summed E-state index contributed by atoms with van der Waals surface area (Å²) in [6.45, 7) is 4.42. The van der Waals surface area contributed by atoms with E-state index < -0.39 is 0 Å². The van der Waals surface area contributed by atoms with Gasteiger partial charge in [-0.2, -0.15) is 29.7 Å². The average Bonchev–Trinajstić information content (AvgIpc) is 3.33. The molecular formula is C23H25Cl2HfSi. The molecule has 0 bridgehead atoms. The van der Waals surface area contributed by atoms with Gasteiger partial charge in [-0.15, -0.1) is 58.6 Å². The third-order valence-electron chi connectivity index (χ3n) is 4.40. The third-order valence-corrected chi connectivity index (χ3v) is 4.40. The Balaban J connectivity index is 0.000000409. The van der Waals surface area contributed by atoms with Crippen LogP contribution >= 0.6 is 0 Å². The molecule has 0 unspecified atom stereocenters. The Kier molecular flexibility index (Phi) is 13.2. The van der Waals surface area contributed by atoms with Crippen molar-refractivity contribution in [1.29, 1.82) is 0 Å². The van der Waals surface area contributed by atoms with Crippen LogP contribution in [-0.2, 0) is 38.7 Å². The zero-order valence-corrected chi connectivity index (χ0v) is 22.1. The molecule has 1 radical (unpaired) electrons. The van der Waals surface area contributed by atoms with E-state index in [-0.39, 0.29) is 50.7 Å². The molecule has 0 atom stereocenters. The Labute approximate surface area is 196 Å². The van der Waals surface area contributed by atoms with Gasteiger partial charge in [0.1, 0.15) is 0 Å². The van der Waals surface area contributed by atoms with Gasteiger partial charge in [-0.25, -0.2) is 0 Å². The number of fused-ring (bicyclic) bond motifs is 3. The third kappa shape index (κ3) is 7.01. The number of benzene rings is 2. The summed E-state index contributed by atoms with van der Waals surface area (Å²) in [4.78, 5) is 0. The van der Waals surface area contributed by atoms with Crippen molar-refractivity contribution in [3.05, 3.63) is 83.9 Å². The van der Waals surface area contributed by atoms with E-state index in [2.05, 4.69) is 85.9 Å². The van der Waals surface area contributed by atoms with Crippen molar-refractivity contribution in [1.82, 2.24) is 0 Å². The van der Waals surface area contributed by atoms with Crippen LogP contribution in [0.1, 0.15) is 17.5 Å². The van der Waals surface area contributed by atoms with E-state index in [0.29, 0.717) is 0 Å². The summed E-state index contributed by atoms with van der Waals surface area (Å²) in [5, 5.41) is 5.49. The molecule has 4 aromatic carbocycles. The molecule has 0 spiro atoms. The van der Waals surface area contributed by atoms with Crippen molar-refractivity contribution in [2.24, 2.45) is 0 Å². The molecule has 139 valence electrons. The summed E-state index contributed by atoms with van der Waals surface area (Å²) in [5.41, 5.74) is 3.16. The smallest absolute Gasteiger partial charge is 1.00 e. The molecule has 4 aromatic rings. The van der Waals surface area contributed by atoms with Crippen molar-refractivity contribution in [3.8, 4) is 0 Å². The first-order chi connectivity index (χ1) is 11.8. The second-order valence-electron chi connectivity index (χ2n) is 6.36. The Morgan fingerprint density at radius 3 is 1.96 bits per heavy atom. The van der Waals surface area contributed by atoms with E-state index in [1.165, 1.54) is 40.8 Å². The zero-order valence-electron chi connectivity index (χ0n) is 15.9. The maximum atomic E-state index is 2.36. The molecule has 4 heteroatoms. The van der Waals surface area contributed by atoms with Gasteiger partial charge in [0.2, 0.25) is 0 Å². The van der Waals surface area contributed by atoms with Crippen molar-refractivity contribution in [3.63, 3.8) is 0 Å². The summed E-state index contributed by atoms with van der Waals surface area (Å²) in [6.07, 6.45) is 3.93. The minimum Gasteiger partial charge on any atom is -1.00 e. The minimum absolute atomic E-state index is 0. The minimum atomic E-state index is 0. The molecule has 0 amide bonds. The van der Waals surface area contributed by atoms with Crippen LogP contribution in [0, 0.1) is 0 Å². The standard InChI is InChI=1S/C12H11.C9H7.C2H7Si.2ClH.Hf/c1-3-9-7-11-5-2-6-12(11)8-10(9)4-1;1-2-5-9-7-3-6-8(9)4-1;1-3-2;;;/h1,3-4,7-8H,2,5-6H2;1-7H;3H,1-2H3;2*1H;/q2*-1;;;;+4/p-2. The van der Waals surface area contributed by atoms with Crippen molar-refractivity contribution < 1.29 is 50.7 Å². The quantitative estimate of drug-likeness (QED) is 0.206. The van der Waals surface area contributed by atoms with Crippen LogP contribution in [0.5, 0.6) is 0 Å². The molecule has 1 aliphatic carbocycles. The number of hydrogen-bond acceptors (Lipinski definition) is 0. The van der Waals surface area contributed by atoms with Gasteiger partial charge in [0.25, 0.3) is 0 Å². The Morgan fingerprint density at radius 1 is 0.741 bits per heavy atom. The van der Waals surface area contributed by atoms with Gasteiger partial charge in [0, 0.05) is 9.52 Å². The van der Waals surface area contributed by atoms with Crippen molar-refractivity contribution >= 4 is 31.1 Å². The molecule has 0 heterocycles. The largest absolute Gasteiger partial charge is 4.00 e. The van der Waals surface area contributed by atoms with Gasteiger partial charge in [-0.05, 0) is 19.3 Å². The summed E-state index contributed by atoms with van der Waals surface area (Å²) < 4.78 is 0. The Bertz CT molecular complexity index is 843. The van der Waals surface area contributed by atoms with E-state index >= 15 is 0 Å². The second kappa shape index (κ2) is 13.5. The van der Waals surface area contributed by atoms with Crippen LogP contribution in [0.2, 0.25) is 13.1 Å². The molecule has 0 fully saturated rings. The van der Waals surface area contributed by atoms with E-state index in [4.69, 9.17) is 0 Å². The van der Waals surface area contributed by atoms with Gasteiger partial charge in [-0.1, -0.05) is 30.3 Å². The summed E-state index contributed by atoms with van der Waals surface area (Å²) >= 11 is 0. The van der Waals surface area contributed by atoms with Crippen LogP contribution in [0.3, 0.4) is 0 Å². The number of rotatable bonds is 0. The fraction of sp³-hybridized carbons (Fsp3) is 0.217. The normalized spacial score (nSPS) is 10.9. The van der Waals surface area contributed by atoms with E-state index in [1.54, 1.807) is 11.1 Å². The summed E-state index contributed by atoms with van der Waals surface area (Å²) in [5.74, 6) is 0. The number of aryl methyl sites for hydroxylation is 2. The van der Waals surface area contributed by atoms with Crippen LogP contribution in [0.15, 0.2) is 72.8 Å². The van der Waals surface area contributed by atoms with E-state index in [1.807, 2.05) is 0 Å². The topological polar surface area (TPSA) is 0 Å². The molecular weight excluding hydrogens is 554 g/mol. The van der Waals surface area contributed by atoms with Crippen LogP contribution in [0.4, 0.5) is 0 Å². The SMILES string of the molecule is C[SiH]C.[Cl-].[Cl-].[Hf+4].c1cc2cc3c(cc2[cH-]1)CCC3.c1ccc2[cH-]ccc2c1. The molecule has 1 aliphatic rings. The van der Waals surface area contributed by atoms with Crippen LogP contribution in [0.25, 0.3) is 21.5 Å². The van der Waals surface area contributed by atoms with Gasteiger partial charge in [-0.3, -0.25) is 0 Å². The van der Waals surface area contributed by atoms with Crippen LogP contribution < -0.4 is 24.8 Å². The summed E-state index contributed by atoms with van der Waals surface area (Å²) in [6, 6.07) is 25.9. The molecule has 0 saturated heterocycles. The van der Waals surface area contributed by atoms with Gasteiger partial charge in [0.15, 0.2) is 0 Å². The molecule has 27 heavy (non-hydrogen) atoms. The predicted octanol–water partition coefficient (Wildman–Crippen LogP) is 0.131. The first-order valence-corrected chi connectivity index (χ1v) is 11.1. The zero-order chi connectivity index (χ0) is 16.8. The number of hydrogen-bond donors (Lipinski definition) is 0. The van der Waals surface area contributed by atoms with Gasteiger partial charge < -0.3 is 24.8 Å². The fourth-order valence-electron chi connectivity index (χ4n) is 3.28. The molecule has 0 aliphatic heterocycles. The molecule has 0 aromatic heterocycles. The first-order valence-electron chi connectivity index (χ1n) is 8.83. The molecule has 0 N–H and O–H groups in total. The Morgan fingerprint density at radius 2 is 1.30 bits per heavy atom. The molecule has 0 saturated carbocycles. The number of halogens is 2. The fourth-order valence-corrected chi connectivity index (χ4v) is 3.28. The van der Waals surface area contributed by atoms with Crippen molar-refractivity contribution in [2.75, 3.05) is 0 Å². The molecule has 5 rings (SSSR count). The molecule has 0 nitrogen and oxygen atoms in total. The maximum Gasteiger partial charge on any atom is 4.00 e. The first kappa shape index (κ1) is 26.3.